The van der Waals surface area contributed by atoms with E-state index >= 15 is 0 Å². The van der Waals surface area contributed by atoms with E-state index in [2.05, 4.69) is 21.7 Å². The van der Waals surface area contributed by atoms with Gasteiger partial charge in [-0.25, -0.2) is 0 Å². The Hall–Kier alpha value is -3.89. The molecule has 1 N–H and O–H groups in total. The third kappa shape index (κ3) is 10.1. The molecule has 0 aliphatic carbocycles. The number of carbonyl (C=O) groups excluding carboxylic acids is 3. The van der Waals surface area contributed by atoms with Crippen molar-refractivity contribution in [1.82, 2.24) is 20.0 Å². The van der Waals surface area contributed by atoms with Crippen molar-refractivity contribution in [3.63, 3.8) is 0 Å². The molecule has 44 heavy (non-hydrogen) atoms. The van der Waals surface area contributed by atoms with E-state index in [4.69, 9.17) is 9.47 Å². The van der Waals surface area contributed by atoms with Gasteiger partial charge in [-0.15, -0.1) is 0 Å². The Bertz CT molecular complexity index is 1250. The molecule has 0 unspecified atom stereocenters. The van der Waals surface area contributed by atoms with Gasteiger partial charge < -0.3 is 24.6 Å². The molecule has 3 amide bonds. The molecule has 2 aromatic carbocycles. The average molecular weight is 603 g/mol. The molecule has 0 saturated carbocycles. The molecule has 0 aromatic heterocycles. The standard InChI is InChI=1S/C21H31N3O4.C14H15NO/c1-22(13-15-28-16-14-23-9-7-17(27-2)8-10-23)11-12-24-20(25)18-5-3-4-6-19(18)21(24)26;1-3-8-13(14(4-2)15-11-16)12-9-6-5-7-10-12/h3-6,17H,7-16H2,1-2H3;3-11H,2H2,1H3,(H,15,16)/b;8-3-,14-13-. The zero-order valence-corrected chi connectivity index (χ0v) is 26.2. The SMILES string of the molecule is C=C/C(NC=O)=C(\C=C/C)c1ccccc1.COC1CCN(CCOCCN(C)CCN2C(=O)c3ccccc3C2=O)CC1. The van der Waals surface area contributed by atoms with Gasteiger partial charge in [-0.05, 0) is 50.6 Å². The zero-order valence-electron chi connectivity index (χ0n) is 26.2. The lowest BCUT2D eigenvalue weighted by Gasteiger charge is -2.31. The maximum absolute atomic E-state index is 12.4. The van der Waals surface area contributed by atoms with Gasteiger partial charge in [0.25, 0.3) is 11.8 Å². The molecule has 4 rings (SSSR count). The van der Waals surface area contributed by atoms with Crippen molar-refractivity contribution >= 4 is 23.8 Å². The summed E-state index contributed by atoms with van der Waals surface area (Å²) < 4.78 is 11.2. The van der Waals surface area contributed by atoms with Crippen LogP contribution < -0.4 is 5.32 Å². The maximum atomic E-state index is 12.4. The number of nitrogens with zero attached hydrogens (tertiary/aromatic N) is 3. The molecule has 0 spiro atoms. The van der Waals surface area contributed by atoms with Crippen molar-refractivity contribution in [2.45, 2.75) is 25.9 Å². The molecule has 2 aliphatic heterocycles. The lowest BCUT2D eigenvalue weighted by atomic mass is 10.0. The Balaban J connectivity index is 0.000000281. The molecule has 0 radical (unpaired) electrons. The second-order valence-corrected chi connectivity index (χ2v) is 10.7. The molecular weight excluding hydrogens is 556 g/mol. The average Bonchev–Trinajstić information content (AvgIpc) is 3.31. The summed E-state index contributed by atoms with van der Waals surface area (Å²) in [4.78, 5) is 41.1. The van der Waals surface area contributed by atoms with Gasteiger partial charge >= 0.3 is 0 Å². The fraction of sp³-hybridized carbons (Fsp3) is 0.400. The van der Waals surface area contributed by atoms with Gasteiger partial charge in [-0.3, -0.25) is 19.3 Å². The van der Waals surface area contributed by atoms with Crippen LogP contribution in [0.3, 0.4) is 0 Å². The number of piperidine rings is 1. The molecule has 2 aromatic rings. The minimum absolute atomic E-state index is 0.192. The number of ether oxygens (including phenoxy) is 2. The number of fused-ring (bicyclic) bond motifs is 1. The van der Waals surface area contributed by atoms with Crippen molar-refractivity contribution in [1.29, 1.82) is 0 Å². The van der Waals surface area contributed by atoms with E-state index in [1.165, 1.54) is 4.90 Å². The Labute approximate surface area is 261 Å². The summed E-state index contributed by atoms with van der Waals surface area (Å²) in [6, 6.07) is 16.9. The largest absolute Gasteiger partial charge is 0.381 e. The van der Waals surface area contributed by atoms with Crippen LogP contribution in [0.2, 0.25) is 0 Å². The summed E-state index contributed by atoms with van der Waals surface area (Å²) in [5, 5.41) is 2.65. The fourth-order valence-corrected chi connectivity index (χ4v) is 5.15. The van der Waals surface area contributed by atoms with Crippen LogP contribution in [0.1, 0.15) is 46.0 Å². The summed E-state index contributed by atoms with van der Waals surface area (Å²) in [6.45, 7) is 11.9. The number of nitrogens with one attached hydrogen (secondary N) is 1. The van der Waals surface area contributed by atoms with E-state index in [1.807, 2.05) is 56.5 Å². The first kappa shape index (κ1) is 34.6. The van der Waals surface area contributed by atoms with Crippen molar-refractivity contribution < 1.29 is 23.9 Å². The molecular formula is C35H46N4O5. The lowest BCUT2D eigenvalue weighted by Crippen LogP contribution is -2.39. The first-order valence-corrected chi connectivity index (χ1v) is 15.1. The van der Waals surface area contributed by atoms with Gasteiger partial charge in [0, 0.05) is 57.6 Å². The molecule has 1 saturated heterocycles. The second-order valence-electron chi connectivity index (χ2n) is 10.7. The number of likely N-dealkylation sites (tertiary alicyclic amines) is 1. The van der Waals surface area contributed by atoms with Gasteiger partial charge in [0.1, 0.15) is 0 Å². The highest BCUT2D eigenvalue weighted by Crippen LogP contribution is 2.22. The molecule has 9 nitrogen and oxygen atoms in total. The molecule has 0 atom stereocenters. The second kappa shape index (κ2) is 18.7. The van der Waals surface area contributed by atoms with Crippen LogP contribution in [0.15, 0.2) is 85.1 Å². The summed E-state index contributed by atoms with van der Waals surface area (Å²) in [5.74, 6) is -0.384. The van der Waals surface area contributed by atoms with Gasteiger partial charge in [-0.1, -0.05) is 61.2 Å². The fourth-order valence-electron chi connectivity index (χ4n) is 5.15. The number of rotatable bonds is 15. The molecule has 0 bridgehead atoms. The highest BCUT2D eigenvalue weighted by molar-refractivity contribution is 6.21. The number of hydrogen-bond acceptors (Lipinski definition) is 7. The number of likely N-dealkylation sites (N-methyl/N-ethyl adjacent to an activating group) is 1. The number of carbonyl (C=O) groups is 3. The minimum atomic E-state index is -0.192. The minimum Gasteiger partial charge on any atom is -0.381 e. The first-order valence-electron chi connectivity index (χ1n) is 15.1. The highest BCUT2D eigenvalue weighted by atomic mass is 16.5. The van der Waals surface area contributed by atoms with E-state index in [-0.39, 0.29) is 11.8 Å². The monoisotopic (exact) mass is 602 g/mol. The Morgan fingerprint density at radius 1 is 0.977 bits per heavy atom. The van der Waals surface area contributed by atoms with Crippen LogP contribution in [-0.4, -0.2) is 106 Å². The van der Waals surface area contributed by atoms with E-state index in [1.54, 1.807) is 37.5 Å². The third-order valence-corrected chi connectivity index (χ3v) is 7.75. The van der Waals surface area contributed by atoms with E-state index in [0.29, 0.717) is 49.0 Å². The van der Waals surface area contributed by atoms with Crippen LogP contribution in [-0.2, 0) is 14.3 Å². The van der Waals surface area contributed by atoms with Crippen LogP contribution in [0.4, 0.5) is 0 Å². The maximum Gasteiger partial charge on any atom is 0.261 e. The highest BCUT2D eigenvalue weighted by Gasteiger charge is 2.34. The summed E-state index contributed by atoms with van der Waals surface area (Å²) in [7, 11) is 3.77. The Morgan fingerprint density at radius 3 is 2.18 bits per heavy atom. The summed E-state index contributed by atoms with van der Waals surface area (Å²) >= 11 is 0. The van der Waals surface area contributed by atoms with Crippen LogP contribution in [0.25, 0.3) is 5.57 Å². The van der Waals surface area contributed by atoms with Gasteiger partial charge in [0.2, 0.25) is 6.41 Å². The number of amides is 3. The number of allylic oxidation sites excluding steroid dienone is 4. The molecule has 1 fully saturated rings. The van der Waals surface area contributed by atoms with Crippen molar-refractivity contribution in [2.75, 3.05) is 66.6 Å². The zero-order chi connectivity index (χ0) is 31.7. The van der Waals surface area contributed by atoms with Gasteiger partial charge in [0.15, 0.2) is 0 Å². The number of benzene rings is 2. The molecule has 2 aliphatic rings. The van der Waals surface area contributed by atoms with Crippen LogP contribution >= 0.6 is 0 Å². The predicted molar refractivity (Wildman–Crippen MR) is 174 cm³/mol. The van der Waals surface area contributed by atoms with Gasteiger partial charge in [-0.2, -0.15) is 0 Å². The van der Waals surface area contributed by atoms with Gasteiger partial charge in [0.05, 0.1) is 30.4 Å². The first-order chi connectivity index (χ1) is 21.4. The summed E-state index contributed by atoms with van der Waals surface area (Å²) in [5.41, 5.74) is 3.72. The van der Waals surface area contributed by atoms with Crippen LogP contribution in [0.5, 0.6) is 0 Å². The molecule has 2 heterocycles. The predicted octanol–water partition coefficient (Wildman–Crippen LogP) is 4.25. The topological polar surface area (TPSA) is 91.4 Å². The van der Waals surface area contributed by atoms with E-state index < -0.39 is 0 Å². The van der Waals surface area contributed by atoms with Crippen LogP contribution in [0, 0.1) is 0 Å². The number of hydrogen-bond donors (Lipinski definition) is 1. The van der Waals surface area contributed by atoms with Crippen molar-refractivity contribution in [3.05, 3.63) is 102 Å². The molecule has 236 valence electrons. The summed E-state index contributed by atoms with van der Waals surface area (Å²) in [6.07, 6.45) is 8.77. The normalized spacial score (nSPS) is 16.0. The molecule has 9 heteroatoms. The van der Waals surface area contributed by atoms with E-state index in [9.17, 15) is 14.4 Å². The van der Waals surface area contributed by atoms with Crippen molar-refractivity contribution in [3.8, 4) is 0 Å². The third-order valence-electron chi connectivity index (χ3n) is 7.75. The van der Waals surface area contributed by atoms with Crippen molar-refractivity contribution in [2.24, 2.45) is 0 Å². The quantitative estimate of drug-likeness (QED) is 0.141. The lowest BCUT2D eigenvalue weighted by molar-refractivity contribution is -0.108. The Kier molecular flexibility index (Phi) is 14.7. The number of methoxy groups -OCH3 is 1. The Morgan fingerprint density at radius 2 is 1.61 bits per heavy atom. The number of imide groups is 1. The smallest absolute Gasteiger partial charge is 0.261 e. The van der Waals surface area contributed by atoms with E-state index in [0.717, 1.165) is 56.8 Å².